The van der Waals surface area contributed by atoms with E-state index in [9.17, 15) is 4.79 Å². The van der Waals surface area contributed by atoms with Gasteiger partial charge in [0.05, 0.1) is 11.3 Å². The standard InChI is InChI=1S/C22H27N5OS/c1-5-19(14-23-3)26-10-9-25-16(2)17-7-6-8-20(11-17)27-22(28)18-12-21(29-4)15-24-13-18/h5-13,15-16,23,25H,1,14H2,2-4H3,(H,27,28). The van der Waals surface area contributed by atoms with Crippen LogP contribution in [0, 0.1) is 0 Å². The van der Waals surface area contributed by atoms with Crippen LogP contribution in [0.15, 0.2) is 77.7 Å². The van der Waals surface area contributed by atoms with Crippen LogP contribution in [-0.4, -0.2) is 36.5 Å². The zero-order valence-corrected chi connectivity index (χ0v) is 17.8. The van der Waals surface area contributed by atoms with Crippen molar-refractivity contribution >= 4 is 29.1 Å². The number of aromatic nitrogens is 1. The maximum atomic E-state index is 12.5. The molecule has 29 heavy (non-hydrogen) atoms. The van der Waals surface area contributed by atoms with Crippen LogP contribution >= 0.6 is 11.8 Å². The molecule has 0 saturated carbocycles. The van der Waals surface area contributed by atoms with Gasteiger partial charge in [0.25, 0.3) is 5.91 Å². The van der Waals surface area contributed by atoms with Gasteiger partial charge in [0, 0.05) is 48.0 Å². The summed E-state index contributed by atoms with van der Waals surface area (Å²) in [5.74, 6) is -0.179. The third kappa shape index (κ3) is 7.21. The van der Waals surface area contributed by atoms with Crippen molar-refractivity contribution in [3.05, 3.63) is 78.9 Å². The third-order valence-corrected chi connectivity index (χ3v) is 4.80. The smallest absolute Gasteiger partial charge is 0.257 e. The minimum atomic E-state index is -0.179. The Balaban J connectivity index is 2.00. The molecule has 0 aliphatic rings. The monoisotopic (exact) mass is 409 g/mol. The second kappa shape index (κ2) is 11.8. The molecular formula is C22H27N5OS. The van der Waals surface area contributed by atoms with Crippen LogP contribution in [0.2, 0.25) is 0 Å². The van der Waals surface area contributed by atoms with E-state index >= 15 is 0 Å². The van der Waals surface area contributed by atoms with Crippen LogP contribution < -0.4 is 16.0 Å². The van der Waals surface area contributed by atoms with Gasteiger partial charge in [-0.05, 0) is 50.1 Å². The molecule has 0 saturated heterocycles. The summed E-state index contributed by atoms with van der Waals surface area (Å²) in [6.07, 6.45) is 10.5. The predicted octanol–water partition coefficient (Wildman–Crippen LogP) is 4.02. The molecule has 1 aromatic heterocycles. The maximum absolute atomic E-state index is 12.5. The summed E-state index contributed by atoms with van der Waals surface area (Å²) in [4.78, 5) is 21.9. The van der Waals surface area contributed by atoms with Gasteiger partial charge in [-0.2, -0.15) is 0 Å². The molecule has 152 valence electrons. The average molecular weight is 410 g/mol. The average Bonchev–Trinajstić information content (AvgIpc) is 2.75. The molecule has 0 fully saturated rings. The van der Waals surface area contributed by atoms with Gasteiger partial charge in [0.15, 0.2) is 0 Å². The van der Waals surface area contributed by atoms with E-state index in [1.165, 1.54) is 0 Å². The molecular weight excluding hydrogens is 382 g/mol. The van der Waals surface area contributed by atoms with Crippen molar-refractivity contribution in [2.24, 2.45) is 4.99 Å². The number of thioether (sulfide) groups is 1. The quantitative estimate of drug-likeness (QED) is 0.408. The number of hydrogen-bond donors (Lipinski definition) is 3. The Morgan fingerprint density at radius 1 is 1.34 bits per heavy atom. The Labute approximate surface area is 176 Å². The fraction of sp³-hybridized carbons (Fsp3) is 0.227. The van der Waals surface area contributed by atoms with Gasteiger partial charge in [-0.1, -0.05) is 18.7 Å². The van der Waals surface area contributed by atoms with E-state index in [1.54, 1.807) is 42.6 Å². The Hall–Kier alpha value is -2.90. The summed E-state index contributed by atoms with van der Waals surface area (Å²) in [7, 11) is 1.87. The van der Waals surface area contributed by atoms with E-state index in [1.807, 2.05) is 50.6 Å². The lowest BCUT2D eigenvalue weighted by Crippen LogP contribution is -2.16. The number of aliphatic imine (C=N–C) groups is 1. The molecule has 1 amide bonds. The first-order chi connectivity index (χ1) is 14.1. The topological polar surface area (TPSA) is 78.4 Å². The molecule has 1 atom stereocenters. The lowest BCUT2D eigenvalue weighted by molar-refractivity contribution is 0.102. The number of anilines is 1. The molecule has 2 aromatic rings. The number of nitrogens with zero attached hydrogens (tertiary/aromatic N) is 2. The number of carbonyl (C=O) groups excluding carboxylic acids is 1. The summed E-state index contributed by atoms with van der Waals surface area (Å²) in [5, 5.41) is 9.25. The lowest BCUT2D eigenvalue weighted by Gasteiger charge is -2.14. The molecule has 1 aromatic carbocycles. The molecule has 0 radical (unpaired) electrons. The van der Waals surface area contributed by atoms with Crippen LogP contribution in [-0.2, 0) is 0 Å². The van der Waals surface area contributed by atoms with E-state index in [2.05, 4.69) is 32.5 Å². The summed E-state index contributed by atoms with van der Waals surface area (Å²) >= 11 is 1.55. The van der Waals surface area contributed by atoms with Crippen LogP contribution in [0.5, 0.6) is 0 Å². The van der Waals surface area contributed by atoms with Crippen molar-refractivity contribution < 1.29 is 4.79 Å². The second-order valence-electron chi connectivity index (χ2n) is 6.25. The summed E-state index contributed by atoms with van der Waals surface area (Å²) in [6.45, 7) is 6.45. The van der Waals surface area contributed by atoms with E-state index in [4.69, 9.17) is 0 Å². The van der Waals surface area contributed by atoms with Crippen molar-refractivity contribution in [2.45, 2.75) is 17.9 Å². The Kier molecular flexibility index (Phi) is 9.14. The van der Waals surface area contributed by atoms with E-state index in [0.717, 1.165) is 21.9 Å². The molecule has 0 aliphatic heterocycles. The third-order valence-electron chi connectivity index (χ3n) is 4.11. The van der Waals surface area contributed by atoms with Gasteiger partial charge in [0.2, 0.25) is 0 Å². The van der Waals surface area contributed by atoms with Gasteiger partial charge in [-0.3, -0.25) is 14.8 Å². The lowest BCUT2D eigenvalue weighted by atomic mass is 10.1. The van der Waals surface area contributed by atoms with E-state index in [-0.39, 0.29) is 11.9 Å². The number of carbonyl (C=O) groups is 1. The molecule has 1 heterocycles. The molecule has 6 nitrogen and oxygen atoms in total. The van der Waals surface area contributed by atoms with Crippen molar-refractivity contribution in [1.82, 2.24) is 15.6 Å². The van der Waals surface area contributed by atoms with Crippen molar-refractivity contribution in [3.8, 4) is 0 Å². The van der Waals surface area contributed by atoms with Crippen LogP contribution in [0.1, 0.15) is 28.9 Å². The maximum Gasteiger partial charge on any atom is 0.257 e. The Bertz CT molecular complexity index is 894. The minimum absolute atomic E-state index is 0.0521. The summed E-state index contributed by atoms with van der Waals surface area (Å²) in [6, 6.07) is 9.64. The molecule has 0 bridgehead atoms. The highest BCUT2D eigenvalue weighted by Gasteiger charge is 2.09. The zero-order valence-electron chi connectivity index (χ0n) is 17.0. The van der Waals surface area contributed by atoms with Crippen LogP contribution in [0.4, 0.5) is 5.69 Å². The second-order valence-corrected chi connectivity index (χ2v) is 7.13. The Morgan fingerprint density at radius 3 is 2.90 bits per heavy atom. The van der Waals surface area contributed by atoms with Crippen molar-refractivity contribution in [1.29, 1.82) is 0 Å². The van der Waals surface area contributed by atoms with Crippen molar-refractivity contribution in [2.75, 3.05) is 25.2 Å². The Morgan fingerprint density at radius 2 is 2.17 bits per heavy atom. The molecule has 2 rings (SSSR count). The largest absolute Gasteiger partial charge is 0.383 e. The van der Waals surface area contributed by atoms with Crippen molar-refractivity contribution in [3.63, 3.8) is 0 Å². The number of rotatable bonds is 10. The number of nitrogens with one attached hydrogen (secondary N) is 3. The first-order valence-electron chi connectivity index (χ1n) is 9.22. The van der Waals surface area contributed by atoms with E-state index in [0.29, 0.717) is 12.1 Å². The highest BCUT2D eigenvalue weighted by Crippen LogP contribution is 2.19. The minimum Gasteiger partial charge on any atom is -0.383 e. The normalized spacial score (nSPS) is 12.6. The van der Waals surface area contributed by atoms with Crippen LogP contribution in [0.3, 0.4) is 0 Å². The van der Waals surface area contributed by atoms with Gasteiger partial charge >= 0.3 is 0 Å². The highest BCUT2D eigenvalue weighted by molar-refractivity contribution is 7.98. The fourth-order valence-corrected chi connectivity index (χ4v) is 2.92. The molecule has 1 unspecified atom stereocenters. The number of hydrogen-bond acceptors (Lipinski definition) is 6. The van der Waals surface area contributed by atoms with Gasteiger partial charge in [-0.25, -0.2) is 0 Å². The van der Waals surface area contributed by atoms with E-state index < -0.39 is 0 Å². The number of pyridine rings is 1. The van der Waals surface area contributed by atoms with Crippen LogP contribution in [0.25, 0.3) is 0 Å². The number of amides is 1. The summed E-state index contributed by atoms with van der Waals surface area (Å²) < 4.78 is 0. The number of benzene rings is 1. The molecule has 0 aliphatic carbocycles. The van der Waals surface area contributed by atoms with Gasteiger partial charge < -0.3 is 16.0 Å². The SMILES string of the molecule is C=CC(CNC)=NC=CNC(C)c1cccc(NC(=O)c2cncc(SC)c2)c1. The molecule has 3 N–H and O–H groups in total. The molecule has 7 heteroatoms. The first kappa shape index (κ1) is 22.4. The molecule has 0 spiro atoms. The highest BCUT2D eigenvalue weighted by atomic mass is 32.2. The first-order valence-corrected chi connectivity index (χ1v) is 10.4. The van der Waals surface area contributed by atoms with Gasteiger partial charge in [-0.15, -0.1) is 11.8 Å². The van der Waals surface area contributed by atoms with Gasteiger partial charge in [0.1, 0.15) is 0 Å². The fourth-order valence-electron chi connectivity index (χ4n) is 2.51. The summed E-state index contributed by atoms with van der Waals surface area (Å²) in [5.41, 5.74) is 3.18. The zero-order chi connectivity index (χ0) is 21.1. The predicted molar refractivity (Wildman–Crippen MR) is 123 cm³/mol.